The highest BCUT2D eigenvalue weighted by Gasteiger charge is 2.26. The lowest BCUT2D eigenvalue weighted by atomic mass is 10.2. The molecule has 2 N–H and O–H groups in total. The van der Waals surface area contributed by atoms with Gasteiger partial charge < -0.3 is 15.4 Å². The molecule has 0 saturated heterocycles. The zero-order valence-corrected chi connectivity index (χ0v) is 10.8. The quantitative estimate of drug-likeness (QED) is 0.856. The Hall–Kier alpha value is -1.20. The van der Waals surface area contributed by atoms with Crippen molar-refractivity contribution in [2.45, 2.75) is 16.6 Å². The van der Waals surface area contributed by atoms with Crippen LogP contribution in [0.5, 0.6) is 5.75 Å². The minimum absolute atomic E-state index is 0.0108. The number of anilines is 1. The van der Waals surface area contributed by atoms with E-state index >= 15 is 0 Å². The summed E-state index contributed by atoms with van der Waals surface area (Å²) >= 11 is 1.62. The average molecular weight is 252 g/mol. The van der Waals surface area contributed by atoms with Crippen LogP contribution >= 0.6 is 11.8 Å². The number of carbonyl (C=O) groups is 1. The van der Waals surface area contributed by atoms with E-state index in [4.69, 9.17) is 4.74 Å². The fourth-order valence-electron chi connectivity index (χ4n) is 1.72. The Morgan fingerprint density at radius 2 is 2.35 bits per heavy atom. The first-order valence-electron chi connectivity index (χ1n) is 5.54. The van der Waals surface area contributed by atoms with Gasteiger partial charge in [0.2, 0.25) is 5.91 Å². The minimum atomic E-state index is -0.0108. The Morgan fingerprint density at radius 1 is 1.53 bits per heavy atom. The molecule has 1 unspecified atom stereocenters. The topological polar surface area (TPSA) is 50.4 Å². The molecule has 0 aromatic heterocycles. The molecule has 1 aliphatic rings. The molecule has 5 heteroatoms. The molecular weight excluding hydrogens is 236 g/mol. The van der Waals surface area contributed by atoms with E-state index in [2.05, 4.69) is 10.6 Å². The summed E-state index contributed by atoms with van der Waals surface area (Å²) in [6.45, 7) is 0.844. The van der Waals surface area contributed by atoms with Gasteiger partial charge in [0.1, 0.15) is 5.75 Å². The molecule has 17 heavy (non-hydrogen) atoms. The highest BCUT2D eigenvalue weighted by Crippen LogP contribution is 2.38. The molecule has 0 spiro atoms. The highest BCUT2D eigenvalue weighted by atomic mass is 32.2. The number of hydrogen-bond acceptors (Lipinski definition) is 4. The Bertz CT molecular complexity index is 423. The molecule has 0 aliphatic carbocycles. The van der Waals surface area contributed by atoms with E-state index in [-0.39, 0.29) is 11.2 Å². The summed E-state index contributed by atoms with van der Waals surface area (Å²) in [5, 5.41) is 5.98. The number of benzene rings is 1. The SMILES string of the molecule is CNCCC1Sc2ccc(OC)cc2NC1=O. The van der Waals surface area contributed by atoms with Crippen LogP contribution in [0.3, 0.4) is 0 Å². The molecule has 1 aliphatic heterocycles. The number of carbonyl (C=O) groups excluding carboxylic acids is 1. The first-order valence-corrected chi connectivity index (χ1v) is 6.42. The zero-order chi connectivity index (χ0) is 12.3. The third kappa shape index (κ3) is 2.73. The van der Waals surface area contributed by atoms with Crippen LogP contribution in [0.2, 0.25) is 0 Å². The lowest BCUT2D eigenvalue weighted by Gasteiger charge is -2.24. The molecule has 1 atom stereocenters. The van der Waals surface area contributed by atoms with Gasteiger partial charge in [-0.2, -0.15) is 0 Å². The summed E-state index contributed by atoms with van der Waals surface area (Å²) in [6, 6.07) is 5.76. The number of nitrogens with one attached hydrogen (secondary N) is 2. The van der Waals surface area contributed by atoms with Crippen LogP contribution in [0.15, 0.2) is 23.1 Å². The lowest BCUT2D eigenvalue weighted by Crippen LogP contribution is -2.31. The molecule has 1 amide bonds. The number of rotatable bonds is 4. The number of thioether (sulfide) groups is 1. The molecule has 1 aromatic carbocycles. The van der Waals surface area contributed by atoms with Gasteiger partial charge in [-0.1, -0.05) is 0 Å². The van der Waals surface area contributed by atoms with Crippen LogP contribution in [0, 0.1) is 0 Å². The van der Waals surface area contributed by atoms with Crippen molar-refractivity contribution >= 4 is 23.4 Å². The van der Waals surface area contributed by atoms with E-state index in [1.807, 2.05) is 25.2 Å². The fourth-order valence-corrected chi connectivity index (χ4v) is 2.81. The van der Waals surface area contributed by atoms with Gasteiger partial charge >= 0.3 is 0 Å². The monoisotopic (exact) mass is 252 g/mol. The van der Waals surface area contributed by atoms with Gasteiger partial charge in [-0.25, -0.2) is 0 Å². The standard InChI is InChI=1S/C12H16N2O2S/c1-13-6-5-11-12(15)14-9-7-8(16-2)3-4-10(9)17-11/h3-4,7,11,13H,5-6H2,1-2H3,(H,14,15). The van der Waals surface area contributed by atoms with Crippen molar-refractivity contribution in [2.75, 3.05) is 26.0 Å². The second kappa shape index (κ2) is 5.42. The number of ether oxygens (including phenoxy) is 1. The van der Waals surface area contributed by atoms with Crippen LogP contribution in [0.25, 0.3) is 0 Å². The van der Waals surface area contributed by atoms with Crippen LogP contribution in [-0.4, -0.2) is 31.9 Å². The van der Waals surface area contributed by atoms with Crippen molar-refractivity contribution in [1.82, 2.24) is 5.32 Å². The zero-order valence-electron chi connectivity index (χ0n) is 9.95. The molecule has 1 aromatic rings. The summed E-state index contributed by atoms with van der Waals surface area (Å²) in [6.07, 6.45) is 0.832. The van der Waals surface area contributed by atoms with E-state index < -0.39 is 0 Å². The summed E-state index contributed by atoms with van der Waals surface area (Å²) in [4.78, 5) is 13.0. The van der Waals surface area contributed by atoms with Crippen molar-refractivity contribution in [3.63, 3.8) is 0 Å². The van der Waals surface area contributed by atoms with Crippen LogP contribution < -0.4 is 15.4 Å². The second-order valence-electron chi connectivity index (χ2n) is 3.85. The van der Waals surface area contributed by atoms with Gasteiger partial charge in [0.05, 0.1) is 18.0 Å². The first-order chi connectivity index (χ1) is 8.24. The number of methoxy groups -OCH3 is 1. The smallest absolute Gasteiger partial charge is 0.237 e. The third-order valence-electron chi connectivity index (χ3n) is 2.66. The molecule has 4 nitrogen and oxygen atoms in total. The van der Waals surface area contributed by atoms with Crippen molar-refractivity contribution in [3.8, 4) is 5.75 Å². The van der Waals surface area contributed by atoms with Crippen LogP contribution in [0.1, 0.15) is 6.42 Å². The summed E-state index contributed by atoms with van der Waals surface area (Å²) in [5.74, 6) is 0.837. The molecule has 0 fully saturated rings. The average Bonchev–Trinajstić information content (AvgIpc) is 2.35. The van der Waals surface area contributed by atoms with E-state index in [9.17, 15) is 4.79 Å². The van der Waals surface area contributed by atoms with E-state index in [0.717, 1.165) is 29.3 Å². The Morgan fingerprint density at radius 3 is 3.06 bits per heavy atom. The van der Waals surface area contributed by atoms with Crippen molar-refractivity contribution in [1.29, 1.82) is 0 Å². The largest absolute Gasteiger partial charge is 0.497 e. The maximum Gasteiger partial charge on any atom is 0.237 e. The van der Waals surface area contributed by atoms with E-state index in [1.165, 1.54) is 0 Å². The number of fused-ring (bicyclic) bond motifs is 1. The molecule has 0 saturated carbocycles. The molecule has 0 radical (unpaired) electrons. The lowest BCUT2D eigenvalue weighted by molar-refractivity contribution is -0.115. The minimum Gasteiger partial charge on any atom is -0.497 e. The third-order valence-corrected chi connectivity index (χ3v) is 4.01. The first kappa shape index (κ1) is 12.3. The molecule has 0 bridgehead atoms. The summed E-state index contributed by atoms with van der Waals surface area (Å²) in [5.41, 5.74) is 0.847. The normalized spacial score (nSPS) is 18.5. The van der Waals surface area contributed by atoms with E-state index in [1.54, 1.807) is 18.9 Å². The van der Waals surface area contributed by atoms with Gasteiger partial charge in [-0.3, -0.25) is 4.79 Å². The summed E-state index contributed by atoms with van der Waals surface area (Å²) in [7, 11) is 3.51. The molecule has 92 valence electrons. The summed E-state index contributed by atoms with van der Waals surface area (Å²) < 4.78 is 5.14. The Balaban J connectivity index is 2.15. The Labute approximate surface area is 105 Å². The van der Waals surface area contributed by atoms with Crippen molar-refractivity contribution < 1.29 is 9.53 Å². The molecular formula is C12H16N2O2S. The van der Waals surface area contributed by atoms with Gasteiger partial charge in [0.25, 0.3) is 0 Å². The van der Waals surface area contributed by atoms with Crippen LogP contribution in [0.4, 0.5) is 5.69 Å². The number of amides is 1. The van der Waals surface area contributed by atoms with E-state index in [0.29, 0.717) is 0 Å². The Kier molecular flexibility index (Phi) is 3.91. The molecule has 1 heterocycles. The maximum atomic E-state index is 11.9. The van der Waals surface area contributed by atoms with Crippen molar-refractivity contribution in [3.05, 3.63) is 18.2 Å². The van der Waals surface area contributed by atoms with Gasteiger partial charge in [-0.05, 0) is 32.1 Å². The predicted molar refractivity (Wildman–Crippen MR) is 69.8 cm³/mol. The maximum absolute atomic E-state index is 11.9. The van der Waals surface area contributed by atoms with Crippen LogP contribution in [-0.2, 0) is 4.79 Å². The van der Waals surface area contributed by atoms with Gasteiger partial charge in [-0.15, -0.1) is 11.8 Å². The second-order valence-corrected chi connectivity index (χ2v) is 5.09. The molecule has 2 rings (SSSR count). The fraction of sp³-hybridized carbons (Fsp3) is 0.417. The predicted octanol–water partition coefficient (Wildman–Crippen LogP) is 1.72. The highest BCUT2D eigenvalue weighted by molar-refractivity contribution is 8.01. The number of hydrogen-bond donors (Lipinski definition) is 2. The van der Waals surface area contributed by atoms with Crippen molar-refractivity contribution in [2.24, 2.45) is 0 Å². The van der Waals surface area contributed by atoms with Gasteiger partial charge in [0.15, 0.2) is 0 Å². The van der Waals surface area contributed by atoms with Gasteiger partial charge in [0, 0.05) is 11.0 Å².